The zero-order valence-electron chi connectivity index (χ0n) is 14.3. The molecule has 1 aliphatic rings. The quantitative estimate of drug-likeness (QED) is 0.457. The molecule has 0 spiro atoms. The molecule has 1 aliphatic heterocycles. The number of Topliss-reactive ketones (excluding diaryl/α,β-unsaturated/α-hetero) is 1. The molecular formula is C19H19NO5S. The number of rotatable bonds is 5. The molecule has 1 atom stereocenters. The van der Waals surface area contributed by atoms with Crippen LogP contribution in [0, 0.1) is 0 Å². The first-order valence-electron chi connectivity index (χ1n) is 8.29. The maximum Gasteiger partial charge on any atom is 0.329 e. The Kier molecular flexibility index (Phi) is 5.20. The summed E-state index contributed by atoms with van der Waals surface area (Å²) in [6, 6.07) is 13.4. The van der Waals surface area contributed by atoms with Gasteiger partial charge in [-0.2, -0.15) is 4.31 Å². The first-order valence-corrected chi connectivity index (χ1v) is 9.73. The van der Waals surface area contributed by atoms with Crippen LogP contribution in [0.2, 0.25) is 0 Å². The molecule has 0 aromatic heterocycles. The molecule has 0 aliphatic carbocycles. The van der Waals surface area contributed by atoms with Gasteiger partial charge in [0.2, 0.25) is 10.0 Å². The van der Waals surface area contributed by atoms with Gasteiger partial charge in [0, 0.05) is 12.1 Å². The molecule has 2 aromatic rings. The average Bonchev–Trinajstić information content (AvgIpc) is 3.14. The molecule has 7 heteroatoms. The van der Waals surface area contributed by atoms with Crippen LogP contribution < -0.4 is 4.74 Å². The second-order valence-electron chi connectivity index (χ2n) is 6.09. The van der Waals surface area contributed by atoms with E-state index < -0.39 is 22.0 Å². The highest BCUT2D eigenvalue weighted by atomic mass is 32.2. The lowest BCUT2D eigenvalue weighted by molar-refractivity contribution is -0.137. The number of benzene rings is 2. The minimum atomic E-state index is -3.76. The van der Waals surface area contributed by atoms with Crippen LogP contribution in [0.4, 0.5) is 0 Å². The Morgan fingerprint density at radius 3 is 2.31 bits per heavy atom. The van der Waals surface area contributed by atoms with E-state index in [1.165, 1.54) is 35.5 Å². The summed E-state index contributed by atoms with van der Waals surface area (Å²) in [5, 5.41) is 0. The number of carbonyl (C=O) groups excluding carboxylic acids is 2. The molecule has 0 bridgehead atoms. The van der Waals surface area contributed by atoms with E-state index in [9.17, 15) is 18.0 Å². The van der Waals surface area contributed by atoms with E-state index in [0.717, 1.165) is 0 Å². The number of hydrogen-bond acceptors (Lipinski definition) is 5. The zero-order chi connectivity index (χ0) is 18.7. The molecular weight excluding hydrogens is 354 g/mol. The molecule has 1 heterocycles. The fourth-order valence-electron chi connectivity index (χ4n) is 2.93. The lowest BCUT2D eigenvalue weighted by Gasteiger charge is -2.22. The van der Waals surface area contributed by atoms with Gasteiger partial charge in [0.25, 0.3) is 0 Å². The predicted molar refractivity (Wildman–Crippen MR) is 95.4 cm³/mol. The molecule has 2 aromatic carbocycles. The summed E-state index contributed by atoms with van der Waals surface area (Å²) in [4.78, 5) is 24.0. The molecule has 0 radical (unpaired) electrons. The van der Waals surface area contributed by atoms with Gasteiger partial charge in [0.05, 0.1) is 4.90 Å². The minimum Gasteiger partial charge on any atom is -0.425 e. The van der Waals surface area contributed by atoms with Crippen LogP contribution in [0.3, 0.4) is 0 Å². The normalized spacial score (nSPS) is 17.8. The topological polar surface area (TPSA) is 80.8 Å². The summed E-state index contributed by atoms with van der Waals surface area (Å²) in [6.07, 6.45) is 1.01. The molecule has 0 unspecified atom stereocenters. The van der Waals surface area contributed by atoms with Crippen molar-refractivity contribution in [3.8, 4) is 5.75 Å². The Bertz CT molecular complexity index is 907. The van der Waals surface area contributed by atoms with Crippen molar-refractivity contribution < 1.29 is 22.7 Å². The van der Waals surface area contributed by atoms with Gasteiger partial charge in [-0.25, -0.2) is 13.2 Å². The van der Waals surface area contributed by atoms with Crippen molar-refractivity contribution in [3.05, 3.63) is 60.2 Å². The lowest BCUT2D eigenvalue weighted by Crippen LogP contribution is -2.42. The summed E-state index contributed by atoms with van der Waals surface area (Å²) in [5.74, 6) is -0.416. The third kappa shape index (κ3) is 3.68. The minimum absolute atomic E-state index is 0.0844. The van der Waals surface area contributed by atoms with Crippen LogP contribution in [-0.4, -0.2) is 37.1 Å². The number of esters is 1. The molecule has 0 saturated carbocycles. The van der Waals surface area contributed by atoms with Gasteiger partial charge < -0.3 is 4.74 Å². The second kappa shape index (κ2) is 7.39. The van der Waals surface area contributed by atoms with Gasteiger partial charge >= 0.3 is 5.97 Å². The lowest BCUT2D eigenvalue weighted by atomic mass is 10.1. The Morgan fingerprint density at radius 1 is 1.04 bits per heavy atom. The fourth-order valence-corrected chi connectivity index (χ4v) is 4.60. The molecule has 3 rings (SSSR count). The number of ketones is 1. The van der Waals surface area contributed by atoms with Crippen molar-refractivity contribution in [3.63, 3.8) is 0 Å². The van der Waals surface area contributed by atoms with E-state index >= 15 is 0 Å². The SMILES string of the molecule is CC(=O)c1ccc(OC(=O)[C@H]2CCCN2S(=O)(=O)c2ccccc2)cc1. The van der Waals surface area contributed by atoms with E-state index in [0.29, 0.717) is 18.4 Å². The highest BCUT2D eigenvalue weighted by molar-refractivity contribution is 7.89. The standard InChI is InChI=1S/C19H19NO5S/c1-14(21)15-9-11-16(12-10-15)25-19(22)18-8-5-13-20(18)26(23,24)17-6-3-2-4-7-17/h2-4,6-7,9-12,18H,5,8,13H2,1H3/t18-/m1/s1. The highest BCUT2D eigenvalue weighted by Gasteiger charge is 2.40. The molecule has 6 nitrogen and oxygen atoms in total. The largest absolute Gasteiger partial charge is 0.425 e. The van der Waals surface area contributed by atoms with E-state index in [1.807, 2.05) is 0 Å². The van der Waals surface area contributed by atoms with Gasteiger partial charge in [-0.05, 0) is 56.2 Å². The summed E-state index contributed by atoms with van der Waals surface area (Å²) < 4.78 is 32.1. The maximum absolute atomic E-state index is 12.8. The fraction of sp³-hybridized carbons (Fsp3) is 0.263. The second-order valence-corrected chi connectivity index (χ2v) is 7.98. The van der Waals surface area contributed by atoms with Gasteiger partial charge in [-0.3, -0.25) is 4.79 Å². The maximum atomic E-state index is 12.8. The van der Waals surface area contributed by atoms with Crippen molar-refractivity contribution in [2.24, 2.45) is 0 Å². The Labute approximate surface area is 152 Å². The number of ether oxygens (including phenoxy) is 1. The zero-order valence-corrected chi connectivity index (χ0v) is 15.1. The number of sulfonamides is 1. The third-order valence-electron chi connectivity index (χ3n) is 4.30. The smallest absolute Gasteiger partial charge is 0.329 e. The van der Waals surface area contributed by atoms with Crippen LogP contribution in [0.5, 0.6) is 5.75 Å². The van der Waals surface area contributed by atoms with Crippen LogP contribution in [0.25, 0.3) is 0 Å². The van der Waals surface area contributed by atoms with Crippen LogP contribution >= 0.6 is 0 Å². The van der Waals surface area contributed by atoms with Crippen molar-refractivity contribution in [2.75, 3.05) is 6.54 Å². The first kappa shape index (κ1) is 18.3. The van der Waals surface area contributed by atoms with Crippen molar-refractivity contribution in [1.82, 2.24) is 4.31 Å². The third-order valence-corrected chi connectivity index (χ3v) is 6.23. The molecule has 0 N–H and O–H groups in total. The van der Waals surface area contributed by atoms with E-state index in [2.05, 4.69) is 0 Å². The monoisotopic (exact) mass is 373 g/mol. The van der Waals surface area contributed by atoms with E-state index in [1.54, 1.807) is 30.3 Å². The number of hydrogen-bond donors (Lipinski definition) is 0. The summed E-state index contributed by atoms with van der Waals surface area (Å²) in [5.41, 5.74) is 0.513. The Hall–Kier alpha value is -2.51. The van der Waals surface area contributed by atoms with Crippen LogP contribution in [0.15, 0.2) is 59.5 Å². The Balaban J connectivity index is 1.77. The molecule has 26 heavy (non-hydrogen) atoms. The van der Waals surface area contributed by atoms with Crippen LogP contribution in [-0.2, 0) is 14.8 Å². The molecule has 136 valence electrons. The number of carbonyl (C=O) groups is 2. The van der Waals surface area contributed by atoms with Gasteiger partial charge in [-0.1, -0.05) is 18.2 Å². The highest BCUT2D eigenvalue weighted by Crippen LogP contribution is 2.27. The average molecular weight is 373 g/mol. The van der Waals surface area contributed by atoms with E-state index in [-0.39, 0.29) is 23.0 Å². The van der Waals surface area contributed by atoms with Crippen molar-refractivity contribution in [2.45, 2.75) is 30.7 Å². The van der Waals surface area contributed by atoms with Gasteiger partial charge in [0.15, 0.2) is 5.78 Å². The molecule has 1 saturated heterocycles. The van der Waals surface area contributed by atoms with Gasteiger partial charge in [0.1, 0.15) is 11.8 Å². The summed E-state index contributed by atoms with van der Waals surface area (Å²) >= 11 is 0. The number of nitrogens with zero attached hydrogens (tertiary/aromatic N) is 1. The van der Waals surface area contributed by atoms with Crippen LogP contribution in [0.1, 0.15) is 30.1 Å². The predicted octanol–water partition coefficient (Wildman–Crippen LogP) is 2.65. The van der Waals surface area contributed by atoms with Gasteiger partial charge in [-0.15, -0.1) is 0 Å². The summed E-state index contributed by atoms with van der Waals surface area (Å²) in [6.45, 7) is 1.73. The summed E-state index contributed by atoms with van der Waals surface area (Å²) in [7, 11) is -3.76. The van der Waals surface area contributed by atoms with Crippen molar-refractivity contribution in [1.29, 1.82) is 0 Å². The molecule has 0 amide bonds. The van der Waals surface area contributed by atoms with Crippen molar-refractivity contribution >= 4 is 21.8 Å². The first-order chi connectivity index (χ1) is 12.4. The Morgan fingerprint density at radius 2 is 1.69 bits per heavy atom. The van der Waals surface area contributed by atoms with E-state index in [4.69, 9.17) is 4.74 Å². The molecule has 1 fully saturated rings.